The molecule has 0 aliphatic heterocycles. The van der Waals surface area contributed by atoms with Crippen LogP contribution >= 0.6 is 0 Å². The molecule has 4 nitrogen and oxygen atoms in total. The van der Waals surface area contributed by atoms with Gasteiger partial charge in [0.15, 0.2) is 17.2 Å². The Morgan fingerprint density at radius 1 is 1.03 bits per heavy atom. The maximum absolute atomic E-state index is 13.1. The number of rotatable bonds is 6. The van der Waals surface area contributed by atoms with Gasteiger partial charge in [0.1, 0.15) is 0 Å². The Hall–Kier alpha value is -1.45. The summed E-state index contributed by atoms with van der Waals surface area (Å²) in [5.41, 5.74) is 0.261. The summed E-state index contributed by atoms with van der Waals surface area (Å²) in [4.78, 5) is 37.8. The van der Waals surface area contributed by atoms with Gasteiger partial charge >= 0.3 is 5.97 Å². The van der Waals surface area contributed by atoms with Crippen molar-refractivity contribution in [1.29, 1.82) is 0 Å². The Morgan fingerprint density at radius 2 is 1.77 bits per heavy atom. The van der Waals surface area contributed by atoms with Gasteiger partial charge in [0.2, 0.25) is 0 Å². The molecule has 0 aromatic rings. The summed E-state index contributed by atoms with van der Waals surface area (Å²) >= 11 is 0. The highest BCUT2D eigenvalue weighted by Gasteiger charge is 2.67. The van der Waals surface area contributed by atoms with E-state index in [4.69, 9.17) is 4.74 Å². The fraction of sp³-hybridized carbons (Fsp3) is 0.815. The third kappa shape index (κ3) is 3.43. The van der Waals surface area contributed by atoms with Crippen molar-refractivity contribution in [2.75, 3.05) is 0 Å². The number of hydrogen-bond acceptors (Lipinski definition) is 4. The summed E-state index contributed by atoms with van der Waals surface area (Å²) in [6, 6.07) is 0. The minimum atomic E-state index is -0.953. The molecule has 0 aromatic carbocycles. The van der Waals surface area contributed by atoms with Gasteiger partial charge in [-0.1, -0.05) is 39.2 Å². The first-order valence-electron chi connectivity index (χ1n) is 12.6. The summed E-state index contributed by atoms with van der Waals surface area (Å²) in [5, 5.41) is 0. The van der Waals surface area contributed by atoms with Crippen LogP contribution in [0, 0.1) is 28.6 Å². The van der Waals surface area contributed by atoms with Crippen LogP contribution in [0.4, 0.5) is 0 Å². The van der Waals surface area contributed by atoms with Crippen molar-refractivity contribution in [3.63, 3.8) is 0 Å². The fourth-order valence-electron chi connectivity index (χ4n) is 8.14. The highest BCUT2D eigenvalue weighted by Crippen LogP contribution is 2.68. The molecule has 0 bridgehead atoms. The number of unbranched alkanes of at least 4 members (excludes halogenated alkanes) is 2. The highest BCUT2D eigenvalue weighted by atomic mass is 16.6. The third-order valence-corrected chi connectivity index (χ3v) is 9.92. The number of esters is 1. The lowest BCUT2D eigenvalue weighted by Gasteiger charge is -2.59. The van der Waals surface area contributed by atoms with Crippen molar-refractivity contribution in [3.05, 3.63) is 11.6 Å². The number of ether oxygens (including phenoxy) is 1. The van der Waals surface area contributed by atoms with Crippen molar-refractivity contribution in [2.45, 2.75) is 110 Å². The Labute approximate surface area is 187 Å². The molecule has 1 unspecified atom stereocenters. The molecule has 0 amide bonds. The number of ketones is 2. The highest BCUT2D eigenvalue weighted by molar-refractivity contribution is 5.91. The van der Waals surface area contributed by atoms with E-state index in [1.807, 2.05) is 6.08 Å². The predicted octanol–water partition coefficient (Wildman–Crippen LogP) is 5.97. The molecule has 0 N–H and O–H groups in total. The molecule has 0 radical (unpaired) electrons. The summed E-state index contributed by atoms with van der Waals surface area (Å²) in [5.74, 6) is 1.66. The Morgan fingerprint density at radius 3 is 2.48 bits per heavy atom. The van der Waals surface area contributed by atoms with Gasteiger partial charge in [-0.05, 0) is 87.5 Å². The van der Waals surface area contributed by atoms with E-state index in [1.54, 1.807) is 6.92 Å². The average Bonchev–Trinajstić information content (AvgIpc) is 3.02. The molecular formula is C27H40O4. The van der Waals surface area contributed by atoms with Gasteiger partial charge in [-0.2, -0.15) is 0 Å². The zero-order valence-electron chi connectivity index (χ0n) is 19.9. The molecule has 4 aliphatic rings. The Balaban J connectivity index is 1.59. The van der Waals surface area contributed by atoms with E-state index in [0.29, 0.717) is 37.0 Å². The van der Waals surface area contributed by atoms with Gasteiger partial charge in [-0.25, -0.2) is 0 Å². The van der Waals surface area contributed by atoms with Gasteiger partial charge < -0.3 is 4.74 Å². The van der Waals surface area contributed by atoms with Crippen molar-refractivity contribution in [1.82, 2.24) is 0 Å². The maximum atomic E-state index is 13.1. The third-order valence-electron chi connectivity index (χ3n) is 9.92. The quantitative estimate of drug-likeness (QED) is 0.386. The topological polar surface area (TPSA) is 60.4 Å². The van der Waals surface area contributed by atoms with Crippen molar-refractivity contribution < 1.29 is 19.1 Å². The molecular weight excluding hydrogens is 388 g/mol. The first-order chi connectivity index (χ1) is 14.7. The number of carbonyl (C=O) groups is 3. The lowest BCUT2D eigenvalue weighted by Crippen LogP contribution is -2.58. The van der Waals surface area contributed by atoms with Crippen LogP contribution in [0.15, 0.2) is 11.6 Å². The van der Waals surface area contributed by atoms with E-state index in [-0.39, 0.29) is 28.4 Å². The van der Waals surface area contributed by atoms with Gasteiger partial charge in [0.05, 0.1) is 0 Å². The van der Waals surface area contributed by atoms with Crippen LogP contribution in [0.25, 0.3) is 0 Å². The van der Waals surface area contributed by atoms with Gasteiger partial charge in [0.25, 0.3) is 0 Å². The van der Waals surface area contributed by atoms with Crippen molar-refractivity contribution in [2.24, 2.45) is 28.6 Å². The van der Waals surface area contributed by atoms with Crippen LogP contribution in [-0.2, 0) is 19.1 Å². The van der Waals surface area contributed by atoms with E-state index in [9.17, 15) is 14.4 Å². The molecule has 0 saturated heterocycles. The van der Waals surface area contributed by atoms with Crippen molar-refractivity contribution in [3.8, 4) is 0 Å². The predicted molar refractivity (Wildman–Crippen MR) is 120 cm³/mol. The van der Waals surface area contributed by atoms with Crippen LogP contribution in [-0.4, -0.2) is 23.1 Å². The molecule has 0 aromatic heterocycles. The summed E-state index contributed by atoms with van der Waals surface area (Å²) in [6.07, 6.45) is 12.6. The lowest BCUT2D eigenvalue weighted by molar-refractivity contribution is -0.189. The second-order valence-electron chi connectivity index (χ2n) is 11.3. The normalized spacial score (nSPS) is 41.6. The Bertz CT molecular complexity index is 797. The minimum Gasteiger partial charge on any atom is -0.450 e. The van der Waals surface area contributed by atoms with E-state index in [2.05, 4.69) is 20.8 Å². The maximum Gasteiger partial charge on any atom is 0.306 e. The van der Waals surface area contributed by atoms with E-state index in [0.717, 1.165) is 57.8 Å². The molecule has 0 spiro atoms. The summed E-state index contributed by atoms with van der Waals surface area (Å²) < 4.78 is 6.16. The zero-order valence-corrected chi connectivity index (χ0v) is 19.9. The van der Waals surface area contributed by atoms with E-state index < -0.39 is 5.60 Å². The number of allylic oxidation sites excluding steroid dienone is 1. The van der Waals surface area contributed by atoms with Gasteiger partial charge in [0, 0.05) is 18.3 Å². The average molecular weight is 429 g/mol. The molecule has 0 heterocycles. The lowest BCUT2D eigenvalue weighted by atomic mass is 9.46. The monoisotopic (exact) mass is 428 g/mol. The van der Waals surface area contributed by atoms with Crippen LogP contribution in [0.3, 0.4) is 0 Å². The molecule has 3 saturated carbocycles. The summed E-state index contributed by atoms with van der Waals surface area (Å²) in [7, 11) is 0. The number of hydrogen-bond donors (Lipinski definition) is 0. The number of carbonyl (C=O) groups excluding carboxylic acids is 3. The molecule has 172 valence electrons. The molecule has 3 fully saturated rings. The second-order valence-corrected chi connectivity index (χ2v) is 11.3. The van der Waals surface area contributed by atoms with Gasteiger partial charge in [-0.3, -0.25) is 14.4 Å². The fourth-order valence-corrected chi connectivity index (χ4v) is 8.14. The second kappa shape index (κ2) is 8.15. The van der Waals surface area contributed by atoms with Crippen molar-refractivity contribution >= 4 is 17.5 Å². The van der Waals surface area contributed by atoms with Crippen LogP contribution in [0.5, 0.6) is 0 Å². The number of fused-ring (bicyclic) bond motifs is 5. The molecule has 6 atom stereocenters. The first-order valence-corrected chi connectivity index (χ1v) is 12.6. The Kier molecular flexibility index (Phi) is 5.98. The number of Topliss-reactive ketones (excluding diaryl/α,β-unsaturated/α-hetero) is 1. The van der Waals surface area contributed by atoms with Gasteiger partial charge in [-0.15, -0.1) is 0 Å². The van der Waals surface area contributed by atoms with Crippen LogP contribution in [0.2, 0.25) is 0 Å². The van der Waals surface area contributed by atoms with Crippen LogP contribution < -0.4 is 0 Å². The van der Waals surface area contributed by atoms with Crippen LogP contribution in [0.1, 0.15) is 105 Å². The minimum absolute atomic E-state index is 0.0330. The van der Waals surface area contributed by atoms with E-state index in [1.165, 1.54) is 5.57 Å². The molecule has 4 heteroatoms. The zero-order chi connectivity index (χ0) is 22.4. The SMILES string of the molecule is CCCCCC(=O)OC1(C(C)=O)CC[C@H]2[C@@H]3CCC4=CC(=O)CC[C@]4(C)[C@H]3CC[C@@]21C. The molecule has 31 heavy (non-hydrogen) atoms. The largest absolute Gasteiger partial charge is 0.450 e. The molecule has 4 rings (SSSR count). The first kappa shape index (κ1) is 22.7. The standard InChI is InChI=1S/C27H40O4/c1-5-6-7-8-24(30)31-27(18(2)28)16-13-23-21-10-9-19-17-20(29)11-14-25(19,3)22(21)12-15-26(23,27)4/h17,21-23H,5-16H2,1-4H3/t21-,22+,23+,25+,26+,27?/m1/s1. The van der Waals surface area contributed by atoms with E-state index >= 15 is 0 Å². The molecule has 4 aliphatic carbocycles. The summed E-state index contributed by atoms with van der Waals surface area (Å²) in [6.45, 7) is 8.37. The smallest absolute Gasteiger partial charge is 0.306 e.